The summed E-state index contributed by atoms with van der Waals surface area (Å²) >= 11 is 0. The maximum absolute atomic E-state index is 13.8. The average molecular weight is 514 g/mol. The lowest BCUT2D eigenvalue weighted by Crippen LogP contribution is -2.54. The minimum absolute atomic E-state index is 0.139. The summed E-state index contributed by atoms with van der Waals surface area (Å²) in [6, 6.07) is 14.8. The van der Waals surface area contributed by atoms with Crippen LogP contribution in [0.15, 0.2) is 48.5 Å². The number of nitrogens with zero attached hydrogens (tertiary/aromatic N) is 2. The van der Waals surface area contributed by atoms with Gasteiger partial charge in [-0.3, -0.25) is 13.9 Å². The molecule has 2 amide bonds. The molecule has 2 aromatic carbocycles. The van der Waals surface area contributed by atoms with Crippen LogP contribution in [-0.4, -0.2) is 56.6 Å². The van der Waals surface area contributed by atoms with E-state index in [2.05, 4.69) is 5.32 Å². The van der Waals surface area contributed by atoms with Crippen LogP contribution in [0.25, 0.3) is 0 Å². The molecule has 1 saturated carbocycles. The van der Waals surface area contributed by atoms with E-state index in [-0.39, 0.29) is 24.4 Å². The molecule has 0 bridgehead atoms. The third-order valence-corrected chi connectivity index (χ3v) is 8.01. The van der Waals surface area contributed by atoms with Crippen molar-refractivity contribution in [2.75, 3.05) is 23.7 Å². The number of nitrogens with one attached hydrogen (secondary N) is 1. The van der Waals surface area contributed by atoms with E-state index in [0.717, 1.165) is 52.9 Å². The molecular weight excluding hydrogens is 474 g/mol. The highest BCUT2D eigenvalue weighted by Gasteiger charge is 2.33. The molecule has 8 heteroatoms. The van der Waals surface area contributed by atoms with Crippen molar-refractivity contribution >= 4 is 27.5 Å². The molecule has 0 heterocycles. The predicted molar refractivity (Wildman–Crippen MR) is 144 cm³/mol. The van der Waals surface area contributed by atoms with Gasteiger partial charge in [-0.15, -0.1) is 0 Å². The molecule has 1 N–H and O–H groups in total. The Labute approximate surface area is 215 Å². The molecular formula is C28H39N3O4S. The number of sulfonamides is 1. The number of hydrogen-bond donors (Lipinski definition) is 1. The van der Waals surface area contributed by atoms with Crippen LogP contribution in [0.1, 0.15) is 55.7 Å². The van der Waals surface area contributed by atoms with Crippen molar-refractivity contribution in [3.05, 3.63) is 65.2 Å². The van der Waals surface area contributed by atoms with E-state index < -0.39 is 16.1 Å². The lowest BCUT2D eigenvalue weighted by molar-refractivity contribution is -0.139. The van der Waals surface area contributed by atoms with E-state index in [1.54, 1.807) is 11.0 Å². The van der Waals surface area contributed by atoms with Crippen LogP contribution >= 0.6 is 0 Å². The number of carbonyl (C=O) groups is 2. The number of amides is 2. The van der Waals surface area contributed by atoms with Gasteiger partial charge in [-0.2, -0.15) is 0 Å². The van der Waals surface area contributed by atoms with E-state index >= 15 is 0 Å². The van der Waals surface area contributed by atoms with E-state index in [9.17, 15) is 18.0 Å². The fourth-order valence-electron chi connectivity index (χ4n) is 4.85. The Kier molecular flexibility index (Phi) is 9.54. The highest BCUT2D eigenvalue weighted by atomic mass is 32.2. The molecule has 1 aliphatic rings. The van der Waals surface area contributed by atoms with Gasteiger partial charge < -0.3 is 10.2 Å². The van der Waals surface area contributed by atoms with Crippen molar-refractivity contribution in [2.45, 2.75) is 71.4 Å². The number of anilines is 1. The van der Waals surface area contributed by atoms with Gasteiger partial charge in [0.25, 0.3) is 0 Å². The van der Waals surface area contributed by atoms with E-state index in [0.29, 0.717) is 25.1 Å². The number of rotatable bonds is 11. The number of aryl methyl sites for hydroxylation is 2. The van der Waals surface area contributed by atoms with Crippen molar-refractivity contribution in [3.63, 3.8) is 0 Å². The molecule has 7 nitrogen and oxygen atoms in total. The Morgan fingerprint density at radius 2 is 1.72 bits per heavy atom. The second kappa shape index (κ2) is 12.4. The van der Waals surface area contributed by atoms with Crippen molar-refractivity contribution < 1.29 is 18.0 Å². The summed E-state index contributed by atoms with van der Waals surface area (Å²) in [5.41, 5.74) is 3.20. The van der Waals surface area contributed by atoms with Gasteiger partial charge in [0.15, 0.2) is 0 Å². The van der Waals surface area contributed by atoms with Crippen LogP contribution in [0.5, 0.6) is 0 Å². The van der Waals surface area contributed by atoms with Gasteiger partial charge in [0.05, 0.1) is 11.9 Å². The summed E-state index contributed by atoms with van der Waals surface area (Å²) in [6.45, 7) is 5.57. The normalized spacial score (nSPS) is 14.9. The summed E-state index contributed by atoms with van der Waals surface area (Å²) < 4.78 is 26.8. The molecule has 1 aliphatic carbocycles. The van der Waals surface area contributed by atoms with Gasteiger partial charge in [0.1, 0.15) is 12.6 Å². The average Bonchev–Trinajstić information content (AvgIpc) is 3.34. The SMILES string of the molecule is CC[C@H](C(=O)NC1CCCC1)N(CCc1ccccc1)C(=O)CN(c1cc(C)ccc1C)S(C)(=O)=O. The summed E-state index contributed by atoms with van der Waals surface area (Å²) in [7, 11) is -3.74. The third kappa shape index (κ3) is 7.32. The second-order valence-corrected chi connectivity index (χ2v) is 11.7. The van der Waals surface area contributed by atoms with Crippen LogP contribution in [0.3, 0.4) is 0 Å². The van der Waals surface area contributed by atoms with Gasteiger partial charge in [0, 0.05) is 12.6 Å². The molecule has 196 valence electrons. The lowest BCUT2D eigenvalue weighted by atomic mass is 10.1. The largest absolute Gasteiger partial charge is 0.352 e. The fourth-order valence-corrected chi connectivity index (χ4v) is 5.75. The monoisotopic (exact) mass is 513 g/mol. The first-order valence-electron chi connectivity index (χ1n) is 12.8. The molecule has 0 unspecified atom stereocenters. The first-order valence-corrected chi connectivity index (χ1v) is 14.6. The van der Waals surface area contributed by atoms with Crippen molar-refractivity contribution in [2.24, 2.45) is 0 Å². The Morgan fingerprint density at radius 1 is 1.06 bits per heavy atom. The van der Waals surface area contributed by atoms with Crippen molar-refractivity contribution in [3.8, 4) is 0 Å². The van der Waals surface area contributed by atoms with Crippen LogP contribution < -0.4 is 9.62 Å². The smallest absolute Gasteiger partial charge is 0.244 e. The summed E-state index contributed by atoms with van der Waals surface area (Å²) in [5.74, 6) is -0.547. The highest BCUT2D eigenvalue weighted by molar-refractivity contribution is 7.92. The topological polar surface area (TPSA) is 86.8 Å². The van der Waals surface area contributed by atoms with E-state index in [4.69, 9.17) is 0 Å². The molecule has 0 radical (unpaired) electrons. The van der Waals surface area contributed by atoms with Gasteiger partial charge >= 0.3 is 0 Å². The van der Waals surface area contributed by atoms with Gasteiger partial charge in [0.2, 0.25) is 21.8 Å². The molecule has 0 aromatic heterocycles. The molecule has 2 aromatic rings. The maximum atomic E-state index is 13.8. The molecule has 1 fully saturated rings. The van der Waals surface area contributed by atoms with Gasteiger partial charge in [-0.1, -0.05) is 62.2 Å². The third-order valence-electron chi connectivity index (χ3n) is 6.88. The standard InChI is InChI=1S/C28H39N3O4S/c1-5-25(28(33)29-24-13-9-10-14-24)30(18-17-23-11-7-6-8-12-23)27(32)20-31(36(4,34)35)26-19-21(2)15-16-22(26)3/h6-8,11-12,15-16,19,24-25H,5,9-10,13-14,17-18,20H2,1-4H3,(H,29,33)/t25-/m1/s1. The van der Waals surface area contributed by atoms with Crippen molar-refractivity contribution in [1.29, 1.82) is 0 Å². The fraction of sp³-hybridized carbons (Fsp3) is 0.500. The molecule has 0 spiro atoms. The van der Waals surface area contributed by atoms with Crippen molar-refractivity contribution in [1.82, 2.24) is 10.2 Å². The predicted octanol–water partition coefficient (Wildman–Crippen LogP) is 3.98. The van der Waals surface area contributed by atoms with Crippen LogP contribution in [0, 0.1) is 13.8 Å². The lowest BCUT2D eigenvalue weighted by Gasteiger charge is -2.33. The minimum Gasteiger partial charge on any atom is -0.352 e. The van der Waals surface area contributed by atoms with E-state index in [1.165, 1.54) is 0 Å². The van der Waals surface area contributed by atoms with Crippen LogP contribution in [0.4, 0.5) is 5.69 Å². The van der Waals surface area contributed by atoms with E-state index in [1.807, 2.05) is 63.2 Å². The highest BCUT2D eigenvalue weighted by Crippen LogP contribution is 2.25. The van der Waals surface area contributed by atoms with Crippen LogP contribution in [0.2, 0.25) is 0 Å². The summed E-state index contributed by atoms with van der Waals surface area (Å²) in [6.07, 6.45) is 6.22. The zero-order chi connectivity index (χ0) is 26.3. The summed E-state index contributed by atoms with van der Waals surface area (Å²) in [4.78, 5) is 28.6. The maximum Gasteiger partial charge on any atom is 0.244 e. The van der Waals surface area contributed by atoms with Gasteiger partial charge in [-0.05, 0) is 62.3 Å². The molecule has 0 aliphatic heterocycles. The Hall–Kier alpha value is -2.87. The zero-order valence-electron chi connectivity index (χ0n) is 21.9. The number of benzene rings is 2. The number of hydrogen-bond acceptors (Lipinski definition) is 4. The number of carbonyl (C=O) groups excluding carboxylic acids is 2. The summed E-state index contributed by atoms with van der Waals surface area (Å²) in [5, 5.41) is 3.13. The first kappa shape index (κ1) is 27.7. The molecule has 3 rings (SSSR count). The Morgan fingerprint density at radius 3 is 2.33 bits per heavy atom. The minimum atomic E-state index is -3.74. The Balaban J connectivity index is 1.89. The second-order valence-electron chi connectivity index (χ2n) is 9.80. The zero-order valence-corrected chi connectivity index (χ0v) is 22.7. The first-order chi connectivity index (χ1) is 17.1. The Bertz CT molecular complexity index is 1140. The van der Waals surface area contributed by atoms with Gasteiger partial charge in [-0.25, -0.2) is 8.42 Å². The van der Waals surface area contributed by atoms with Crippen LogP contribution in [-0.2, 0) is 26.0 Å². The quantitative estimate of drug-likeness (QED) is 0.492. The molecule has 36 heavy (non-hydrogen) atoms. The molecule has 1 atom stereocenters. The molecule has 0 saturated heterocycles.